The molecule has 0 saturated heterocycles. The van der Waals surface area contributed by atoms with Gasteiger partial charge >= 0.3 is 12.1 Å². The van der Waals surface area contributed by atoms with Crippen LogP contribution in [0.1, 0.15) is 34.0 Å². The summed E-state index contributed by atoms with van der Waals surface area (Å²) in [6, 6.07) is 8.58. The molecule has 1 N–H and O–H groups in total. The minimum absolute atomic E-state index is 0.00921. The van der Waals surface area contributed by atoms with Crippen molar-refractivity contribution >= 4 is 22.8 Å². The highest BCUT2D eigenvalue weighted by atomic mass is 19.4. The predicted molar refractivity (Wildman–Crippen MR) is 154 cm³/mol. The van der Waals surface area contributed by atoms with Gasteiger partial charge in [0.25, 0.3) is 5.91 Å². The second-order valence-corrected chi connectivity index (χ2v) is 9.75. The van der Waals surface area contributed by atoms with E-state index >= 15 is 0 Å². The highest BCUT2D eigenvalue weighted by Crippen LogP contribution is 2.44. The fourth-order valence-electron chi connectivity index (χ4n) is 4.85. The highest BCUT2D eigenvalue weighted by Gasteiger charge is 2.33. The number of carbonyl (C=O) groups excluding carboxylic acids is 2. The summed E-state index contributed by atoms with van der Waals surface area (Å²) < 4.78 is 91.6. The molecule has 238 valence electrons. The van der Waals surface area contributed by atoms with E-state index in [-0.39, 0.29) is 23.1 Å². The van der Waals surface area contributed by atoms with Crippen LogP contribution in [0.3, 0.4) is 0 Å². The zero-order valence-electron chi connectivity index (χ0n) is 24.7. The van der Waals surface area contributed by atoms with Crippen molar-refractivity contribution in [3.8, 4) is 22.6 Å². The van der Waals surface area contributed by atoms with Crippen LogP contribution in [0.5, 0.6) is 11.5 Å². The van der Waals surface area contributed by atoms with E-state index in [1.54, 1.807) is 18.2 Å². The predicted octanol–water partition coefficient (Wildman–Crippen LogP) is 6.27. The summed E-state index contributed by atoms with van der Waals surface area (Å²) in [6.45, 7) is 2.56. The van der Waals surface area contributed by atoms with Gasteiger partial charge in [0, 0.05) is 30.2 Å². The van der Waals surface area contributed by atoms with E-state index in [1.165, 1.54) is 20.3 Å². The number of alkyl halides is 3. The van der Waals surface area contributed by atoms with E-state index in [0.29, 0.717) is 35.4 Å². The van der Waals surface area contributed by atoms with Crippen LogP contribution >= 0.6 is 0 Å². The van der Waals surface area contributed by atoms with Crippen molar-refractivity contribution in [2.75, 3.05) is 27.9 Å². The number of fused-ring (bicyclic) bond motifs is 1. The van der Waals surface area contributed by atoms with Gasteiger partial charge < -0.3 is 24.3 Å². The van der Waals surface area contributed by atoms with Crippen molar-refractivity contribution in [3.05, 3.63) is 88.6 Å². The molecule has 45 heavy (non-hydrogen) atoms. The Hall–Kier alpha value is -4.78. The summed E-state index contributed by atoms with van der Waals surface area (Å²) in [5.74, 6) is -3.90. The van der Waals surface area contributed by atoms with Crippen molar-refractivity contribution in [1.29, 1.82) is 0 Å². The van der Waals surface area contributed by atoms with E-state index in [0.717, 1.165) is 36.9 Å². The Labute approximate surface area is 255 Å². The molecule has 8 nitrogen and oxygen atoms in total. The van der Waals surface area contributed by atoms with Gasteiger partial charge in [-0.1, -0.05) is 18.2 Å². The number of halogens is 5. The average Bonchev–Trinajstić information content (AvgIpc) is 3.01. The maximum Gasteiger partial charge on any atom is 0.417 e. The number of amides is 1. The number of pyridine rings is 1. The molecular weight excluding hydrogens is 603 g/mol. The van der Waals surface area contributed by atoms with E-state index in [1.807, 2.05) is 6.92 Å². The summed E-state index contributed by atoms with van der Waals surface area (Å²) in [6.07, 6.45) is -4.49. The Morgan fingerprint density at radius 1 is 0.956 bits per heavy atom. The number of rotatable bonds is 11. The number of nitrogens with one attached hydrogen (secondary N) is 1. The van der Waals surface area contributed by atoms with Crippen molar-refractivity contribution in [3.63, 3.8) is 0 Å². The fraction of sp³-hybridized carbons (Fsp3) is 0.281. The number of aromatic nitrogens is 1. The molecule has 0 aliphatic carbocycles. The highest BCUT2D eigenvalue weighted by molar-refractivity contribution is 6.00. The van der Waals surface area contributed by atoms with E-state index < -0.39 is 53.3 Å². The first-order valence-electron chi connectivity index (χ1n) is 13.6. The van der Waals surface area contributed by atoms with Gasteiger partial charge in [-0.2, -0.15) is 13.2 Å². The zero-order valence-corrected chi connectivity index (χ0v) is 24.7. The maximum absolute atomic E-state index is 14.3. The average molecular weight is 633 g/mol. The molecule has 1 aromatic heterocycles. The summed E-state index contributed by atoms with van der Waals surface area (Å²) >= 11 is 0. The number of carbonyl (C=O) groups is 2. The normalized spacial score (nSPS) is 12.1. The summed E-state index contributed by atoms with van der Waals surface area (Å²) in [5.41, 5.74) is -0.257. The van der Waals surface area contributed by atoms with Gasteiger partial charge in [-0.05, 0) is 48.4 Å². The smallest absolute Gasteiger partial charge is 0.417 e. The van der Waals surface area contributed by atoms with E-state index in [2.05, 4.69) is 10.3 Å². The number of esters is 1. The molecule has 4 aromatic rings. The third-order valence-electron chi connectivity index (χ3n) is 6.98. The number of hydrogen-bond donors (Lipinski definition) is 1. The van der Waals surface area contributed by atoms with Crippen molar-refractivity contribution in [2.24, 2.45) is 0 Å². The Morgan fingerprint density at radius 2 is 1.60 bits per heavy atom. The molecule has 0 bridgehead atoms. The third kappa shape index (κ3) is 7.14. The largest absolute Gasteiger partial charge is 0.496 e. The molecule has 0 unspecified atom stereocenters. The fourth-order valence-corrected chi connectivity index (χ4v) is 4.85. The van der Waals surface area contributed by atoms with E-state index in [4.69, 9.17) is 18.9 Å². The van der Waals surface area contributed by atoms with Crippen LogP contribution in [0, 0.1) is 11.6 Å². The van der Waals surface area contributed by atoms with Crippen LogP contribution in [0.25, 0.3) is 22.0 Å². The van der Waals surface area contributed by atoms with Gasteiger partial charge in [-0.15, -0.1) is 0 Å². The molecule has 0 aliphatic heterocycles. The minimum Gasteiger partial charge on any atom is -0.496 e. The van der Waals surface area contributed by atoms with Gasteiger partial charge in [0.05, 0.1) is 44.6 Å². The Balaban J connectivity index is 1.88. The molecule has 0 radical (unpaired) electrons. The first kappa shape index (κ1) is 33.1. The summed E-state index contributed by atoms with van der Waals surface area (Å²) in [4.78, 5) is 29.7. The van der Waals surface area contributed by atoms with Gasteiger partial charge in [0.2, 0.25) is 0 Å². The van der Waals surface area contributed by atoms with Gasteiger partial charge in [0.15, 0.2) is 0 Å². The number of benzene rings is 3. The van der Waals surface area contributed by atoms with Gasteiger partial charge in [0.1, 0.15) is 34.7 Å². The Bertz CT molecular complexity index is 1680. The SMILES string of the molecule is CCOCc1cc(OC)c(-c2ccc(C[C@H](NC(=O)c3c(F)cccc3F)C(=O)OC)c3cc(C(F)(F)F)cnc23)c(OC)c1. The van der Waals surface area contributed by atoms with Crippen molar-refractivity contribution in [2.45, 2.75) is 32.2 Å². The second kappa shape index (κ2) is 13.9. The van der Waals surface area contributed by atoms with Crippen LogP contribution in [0.4, 0.5) is 22.0 Å². The molecule has 0 fully saturated rings. The van der Waals surface area contributed by atoms with Crippen LogP contribution in [-0.4, -0.2) is 50.8 Å². The lowest BCUT2D eigenvalue weighted by molar-refractivity contribution is -0.143. The summed E-state index contributed by atoms with van der Waals surface area (Å²) in [7, 11) is 3.89. The lowest BCUT2D eigenvalue weighted by Crippen LogP contribution is -2.43. The Morgan fingerprint density at radius 3 is 2.16 bits per heavy atom. The molecule has 0 saturated carbocycles. The molecule has 0 spiro atoms. The molecule has 3 aromatic carbocycles. The molecule has 1 amide bonds. The van der Waals surface area contributed by atoms with Gasteiger partial charge in [-0.3, -0.25) is 9.78 Å². The maximum atomic E-state index is 14.3. The Kier molecular flexibility index (Phi) is 10.2. The molecule has 1 atom stereocenters. The summed E-state index contributed by atoms with van der Waals surface area (Å²) in [5, 5.41) is 2.23. The van der Waals surface area contributed by atoms with Crippen LogP contribution in [0.15, 0.2) is 54.7 Å². The van der Waals surface area contributed by atoms with Crippen LogP contribution < -0.4 is 14.8 Å². The lowest BCUT2D eigenvalue weighted by Gasteiger charge is -2.21. The third-order valence-corrected chi connectivity index (χ3v) is 6.98. The van der Waals surface area contributed by atoms with Crippen molar-refractivity contribution < 1.29 is 50.5 Å². The molecule has 0 aliphatic rings. The molecule has 1 heterocycles. The minimum atomic E-state index is -4.76. The molecule has 4 rings (SSSR count). The molecular formula is C32H29F5N2O6. The number of methoxy groups -OCH3 is 3. The molecule has 13 heteroatoms. The number of ether oxygens (including phenoxy) is 4. The quantitative estimate of drug-likeness (QED) is 0.154. The monoisotopic (exact) mass is 632 g/mol. The van der Waals surface area contributed by atoms with E-state index in [9.17, 15) is 31.5 Å². The van der Waals surface area contributed by atoms with Crippen molar-refractivity contribution in [1.82, 2.24) is 10.3 Å². The zero-order chi connectivity index (χ0) is 32.9. The van der Waals surface area contributed by atoms with Crippen LogP contribution in [-0.2, 0) is 33.5 Å². The van der Waals surface area contributed by atoms with Crippen LogP contribution in [0.2, 0.25) is 0 Å². The first-order valence-corrected chi connectivity index (χ1v) is 13.6. The van der Waals surface area contributed by atoms with Gasteiger partial charge in [-0.25, -0.2) is 13.6 Å². The lowest BCUT2D eigenvalue weighted by atomic mass is 9.93. The topological polar surface area (TPSA) is 96.0 Å². The number of nitrogens with zero attached hydrogens (tertiary/aromatic N) is 1. The first-order chi connectivity index (χ1) is 21.4. The second-order valence-electron chi connectivity index (χ2n) is 9.75. The standard InChI is InChI=1S/C32H29F5N2O6/c1-5-45-16-17-11-25(42-2)27(26(12-17)43-3)20-10-9-18(21-14-19(32(35,36)37)15-38-29(20)21)13-24(31(41)44-4)39-30(40)28-22(33)7-6-8-23(28)34/h6-12,14-15,24H,5,13,16H2,1-4H3,(H,39,40)/t24-/m0/s1. The number of hydrogen-bond acceptors (Lipinski definition) is 7.